The molecule has 0 bridgehead atoms. The van der Waals surface area contributed by atoms with Crippen molar-refractivity contribution in [3.63, 3.8) is 0 Å². The number of nitrogens with one attached hydrogen (secondary N) is 1. The summed E-state index contributed by atoms with van der Waals surface area (Å²) in [4.78, 5) is 29.0. The van der Waals surface area contributed by atoms with Gasteiger partial charge in [-0.1, -0.05) is 43.3 Å². The van der Waals surface area contributed by atoms with Gasteiger partial charge in [-0.3, -0.25) is 9.69 Å². The number of hydrogen-bond acceptors (Lipinski definition) is 3. The van der Waals surface area contributed by atoms with E-state index in [2.05, 4.69) is 47.5 Å². The molecule has 2 fully saturated rings. The molecule has 0 atom stereocenters. The largest absolute Gasteiger partial charge is 0.326 e. The summed E-state index contributed by atoms with van der Waals surface area (Å²) in [5, 5.41) is 3.01. The lowest BCUT2D eigenvalue weighted by atomic mass is 9.77. The lowest BCUT2D eigenvalue weighted by Gasteiger charge is -2.34. The second-order valence-corrected chi connectivity index (χ2v) is 7.99. The average molecular weight is 353 g/mol. The highest BCUT2D eigenvalue weighted by Gasteiger charge is 2.52. The number of amides is 3. The summed E-state index contributed by atoms with van der Waals surface area (Å²) >= 11 is 0. The van der Waals surface area contributed by atoms with Crippen molar-refractivity contribution in [1.29, 1.82) is 0 Å². The first-order valence-corrected chi connectivity index (χ1v) is 9.68. The van der Waals surface area contributed by atoms with Gasteiger partial charge in [0.2, 0.25) is 0 Å². The number of imide groups is 1. The van der Waals surface area contributed by atoms with E-state index >= 15 is 0 Å². The highest BCUT2D eigenvalue weighted by atomic mass is 16.2. The van der Waals surface area contributed by atoms with Gasteiger partial charge in [0.25, 0.3) is 5.91 Å². The van der Waals surface area contributed by atoms with Crippen LogP contribution in [0.1, 0.15) is 44.6 Å². The fourth-order valence-electron chi connectivity index (χ4n) is 4.35. The summed E-state index contributed by atoms with van der Waals surface area (Å²) < 4.78 is 0. The third kappa shape index (κ3) is 3.16. The molecule has 3 aliphatic rings. The average Bonchev–Trinajstić information content (AvgIpc) is 2.90. The van der Waals surface area contributed by atoms with Crippen molar-refractivity contribution >= 4 is 17.5 Å². The van der Waals surface area contributed by atoms with Crippen LogP contribution in [-0.2, 0) is 4.79 Å². The normalized spacial score (nSPS) is 29.8. The van der Waals surface area contributed by atoms with Crippen molar-refractivity contribution in [2.45, 2.75) is 44.6 Å². The van der Waals surface area contributed by atoms with Crippen LogP contribution in [-0.4, -0.2) is 47.0 Å². The summed E-state index contributed by atoms with van der Waals surface area (Å²) in [5.74, 6) is 0.621. The van der Waals surface area contributed by atoms with E-state index < -0.39 is 5.54 Å². The van der Waals surface area contributed by atoms with Crippen LogP contribution in [0.3, 0.4) is 0 Å². The van der Waals surface area contributed by atoms with Gasteiger partial charge in [0.05, 0.1) is 6.67 Å². The Labute approximate surface area is 155 Å². The Kier molecular flexibility index (Phi) is 4.57. The van der Waals surface area contributed by atoms with E-state index in [1.54, 1.807) is 0 Å². The summed E-state index contributed by atoms with van der Waals surface area (Å²) in [5.41, 5.74) is 1.97. The molecular formula is C21H27N3O2. The molecule has 1 saturated carbocycles. The van der Waals surface area contributed by atoms with Crippen molar-refractivity contribution in [3.05, 3.63) is 42.0 Å². The Morgan fingerprint density at radius 2 is 1.88 bits per heavy atom. The van der Waals surface area contributed by atoms with Crippen LogP contribution in [0.4, 0.5) is 4.79 Å². The summed E-state index contributed by atoms with van der Waals surface area (Å²) in [6.45, 7) is 4.24. The molecule has 5 nitrogen and oxygen atoms in total. The molecule has 138 valence electrons. The molecule has 0 unspecified atom stereocenters. The first kappa shape index (κ1) is 17.3. The number of rotatable bonds is 3. The van der Waals surface area contributed by atoms with E-state index in [0.717, 1.165) is 45.2 Å². The Hall–Kier alpha value is -2.14. The van der Waals surface area contributed by atoms with Crippen LogP contribution in [0.25, 0.3) is 5.57 Å². The number of hydrogen-bond donors (Lipinski definition) is 1. The standard InChI is InChI=1S/C21H27N3O2/c1-16-7-11-21(12-8-16)19(25)24(20(26)22-21)15-23-13-9-18(10-14-23)17-5-3-2-4-6-17/h2-6,9,16H,7-8,10-15H2,1H3,(H,22,26). The molecule has 5 heteroatoms. The fourth-order valence-corrected chi connectivity index (χ4v) is 4.35. The van der Waals surface area contributed by atoms with Gasteiger partial charge in [0.15, 0.2) is 0 Å². The molecular weight excluding hydrogens is 326 g/mol. The molecule has 1 saturated heterocycles. The van der Waals surface area contributed by atoms with Gasteiger partial charge in [0, 0.05) is 13.1 Å². The van der Waals surface area contributed by atoms with Gasteiger partial charge in [-0.05, 0) is 49.2 Å². The van der Waals surface area contributed by atoms with Gasteiger partial charge in [0.1, 0.15) is 5.54 Å². The number of carbonyl (C=O) groups is 2. The maximum Gasteiger partial charge on any atom is 0.326 e. The minimum absolute atomic E-state index is 0.0211. The lowest BCUT2D eigenvalue weighted by Crippen LogP contribution is -2.50. The quantitative estimate of drug-likeness (QED) is 0.849. The van der Waals surface area contributed by atoms with Crippen molar-refractivity contribution in [2.75, 3.05) is 19.8 Å². The molecule has 1 spiro atoms. The molecule has 3 amide bonds. The van der Waals surface area contributed by atoms with Gasteiger partial charge in [-0.25, -0.2) is 9.69 Å². The van der Waals surface area contributed by atoms with Gasteiger partial charge >= 0.3 is 6.03 Å². The summed E-state index contributed by atoms with van der Waals surface area (Å²) in [6, 6.07) is 10.2. The Balaban J connectivity index is 1.40. The Bertz CT molecular complexity index is 720. The molecule has 0 aromatic heterocycles. The van der Waals surface area contributed by atoms with Crippen LogP contribution < -0.4 is 5.32 Å². The van der Waals surface area contributed by atoms with Gasteiger partial charge in [-0.15, -0.1) is 0 Å². The van der Waals surface area contributed by atoms with Crippen LogP contribution in [0.15, 0.2) is 36.4 Å². The van der Waals surface area contributed by atoms with Gasteiger partial charge in [-0.2, -0.15) is 0 Å². The molecule has 2 aliphatic heterocycles. The van der Waals surface area contributed by atoms with Crippen molar-refractivity contribution < 1.29 is 9.59 Å². The number of carbonyl (C=O) groups excluding carboxylic acids is 2. The zero-order valence-electron chi connectivity index (χ0n) is 15.4. The Morgan fingerprint density at radius 1 is 1.15 bits per heavy atom. The zero-order chi connectivity index (χ0) is 18.1. The van der Waals surface area contributed by atoms with Crippen LogP contribution in [0.2, 0.25) is 0 Å². The van der Waals surface area contributed by atoms with Crippen molar-refractivity contribution in [2.24, 2.45) is 5.92 Å². The smallest absolute Gasteiger partial charge is 0.323 e. The topological polar surface area (TPSA) is 52.7 Å². The fraction of sp³-hybridized carbons (Fsp3) is 0.524. The number of nitrogens with zero attached hydrogens (tertiary/aromatic N) is 2. The first-order chi connectivity index (χ1) is 12.6. The van der Waals surface area contributed by atoms with E-state index in [1.165, 1.54) is 16.0 Å². The van der Waals surface area contributed by atoms with E-state index in [4.69, 9.17) is 0 Å². The highest BCUT2D eigenvalue weighted by Crippen LogP contribution is 2.36. The minimum Gasteiger partial charge on any atom is -0.323 e. The van der Waals surface area contributed by atoms with Crippen molar-refractivity contribution in [3.8, 4) is 0 Å². The number of urea groups is 1. The third-order valence-electron chi connectivity index (χ3n) is 6.15. The molecule has 1 N–H and O–H groups in total. The predicted octanol–water partition coefficient (Wildman–Crippen LogP) is 3.23. The molecule has 1 aromatic carbocycles. The van der Waals surface area contributed by atoms with Crippen LogP contribution in [0, 0.1) is 5.92 Å². The van der Waals surface area contributed by atoms with E-state index in [9.17, 15) is 9.59 Å². The first-order valence-electron chi connectivity index (χ1n) is 9.68. The Morgan fingerprint density at radius 3 is 2.54 bits per heavy atom. The minimum atomic E-state index is -0.635. The summed E-state index contributed by atoms with van der Waals surface area (Å²) in [7, 11) is 0. The van der Waals surface area contributed by atoms with E-state index in [-0.39, 0.29) is 11.9 Å². The monoisotopic (exact) mass is 353 g/mol. The van der Waals surface area contributed by atoms with E-state index in [1.807, 2.05) is 6.07 Å². The summed E-state index contributed by atoms with van der Waals surface area (Å²) in [6.07, 6.45) is 6.71. The molecule has 4 rings (SSSR count). The molecule has 1 aliphatic carbocycles. The number of benzene rings is 1. The lowest BCUT2D eigenvalue weighted by molar-refractivity contribution is -0.134. The van der Waals surface area contributed by atoms with Crippen LogP contribution >= 0.6 is 0 Å². The van der Waals surface area contributed by atoms with Crippen LogP contribution in [0.5, 0.6) is 0 Å². The maximum absolute atomic E-state index is 13.0. The molecule has 2 heterocycles. The zero-order valence-corrected chi connectivity index (χ0v) is 15.4. The second-order valence-electron chi connectivity index (χ2n) is 7.99. The third-order valence-corrected chi connectivity index (χ3v) is 6.15. The van der Waals surface area contributed by atoms with Crippen molar-refractivity contribution in [1.82, 2.24) is 15.1 Å². The SMILES string of the molecule is CC1CCC2(CC1)NC(=O)N(CN1CC=C(c3ccccc3)CC1)C2=O. The molecule has 1 aromatic rings. The van der Waals surface area contributed by atoms with Gasteiger partial charge < -0.3 is 5.32 Å². The van der Waals surface area contributed by atoms with E-state index in [0.29, 0.717) is 12.6 Å². The second kappa shape index (κ2) is 6.88. The highest BCUT2D eigenvalue weighted by molar-refractivity contribution is 6.07. The molecule has 0 radical (unpaired) electrons. The maximum atomic E-state index is 13.0. The molecule has 26 heavy (non-hydrogen) atoms. The predicted molar refractivity (Wildman–Crippen MR) is 101 cm³/mol.